The van der Waals surface area contributed by atoms with Crippen LogP contribution in [0, 0.1) is 5.95 Å². The zero-order chi connectivity index (χ0) is 7.78. The zero-order valence-electron chi connectivity index (χ0n) is 6.40. The van der Waals surface area contributed by atoms with Crippen molar-refractivity contribution in [1.29, 1.82) is 0 Å². The number of nitrogens with zero attached hydrogens (tertiary/aromatic N) is 1. The molecule has 0 aliphatic rings. The minimum atomic E-state index is -0.370. The maximum absolute atomic E-state index is 12.3. The van der Waals surface area contributed by atoms with E-state index in [4.69, 9.17) is 0 Å². The van der Waals surface area contributed by atoms with Gasteiger partial charge in [0, 0.05) is 5.41 Å². The average molecular weight is 142 g/mol. The van der Waals surface area contributed by atoms with E-state index < -0.39 is 0 Å². The number of aromatic nitrogens is 2. The third-order valence-electron chi connectivity index (χ3n) is 1.26. The van der Waals surface area contributed by atoms with Crippen molar-refractivity contribution in [2.24, 2.45) is 0 Å². The van der Waals surface area contributed by atoms with E-state index in [0.717, 1.165) is 0 Å². The van der Waals surface area contributed by atoms with E-state index in [1.54, 1.807) is 0 Å². The van der Waals surface area contributed by atoms with E-state index in [-0.39, 0.29) is 11.4 Å². The van der Waals surface area contributed by atoms with E-state index in [1.807, 2.05) is 20.8 Å². The summed E-state index contributed by atoms with van der Waals surface area (Å²) in [7, 11) is 0. The van der Waals surface area contributed by atoms with Crippen LogP contribution in [0.3, 0.4) is 0 Å². The van der Waals surface area contributed by atoms with Gasteiger partial charge in [-0.3, -0.25) is 0 Å². The van der Waals surface area contributed by atoms with E-state index in [2.05, 4.69) is 9.97 Å². The molecule has 1 aromatic heterocycles. The molecule has 1 rings (SSSR count). The van der Waals surface area contributed by atoms with Crippen LogP contribution < -0.4 is 0 Å². The van der Waals surface area contributed by atoms with Gasteiger partial charge < -0.3 is 4.98 Å². The molecule has 0 spiro atoms. The van der Waals surface area contributed by atoms with Crippen LogP contribution in [0.25, 0.3) is 0 Å². The summed E-state index contributed by atoms with van der Waals surface area (Å²) in [6.07, 6.45) is 1.20. The van der Waals surface area contributed by atoms with Crippen LogP contribution >= 0.6 is 0 Å². The van der Waals surface area contributed by atoms with Crippen LogP contribution in [-0.2, 0) is 5.41 Å². The summed E-state index contributed by atoms with van der Waals surface area (Å²) in [5, 5.41) is 0. The lowest BCUT2D eigenvalue weighted by molar-refractivity contribution is 0.531. The Morgan fingerprint density at radius 2 is 2.10 bits per heavy atom. The first-order valence-corrected chi connectivity index (χ1v) is 3.21. The second-order valence-electron chi connectivity index (χ2n) is 3.33. The Morgan fingerprint density at radius 1 is 1.50 bits per heavy atom. The molecule has 0 aliphatic carbocycles. The molecular formula is C7H11FN2. The summed E-state index contributed by atoms with van der Waals surface area (Å²) in [6.45, 7) is 5.93. The molecule has 0 aliphatic heterocycles. The Hall–Kier alpha value is -0.860. The van der Waals surface area contributed by atoms with E-state index in [0.29, 0.717) is 5.82 Å². The van der Waals surface area contributed by atoms with Crippen molar-refractivity contribution in [3.05, 3.63) is 18.0 Å². The summed E-state index contributed by atoms with van der Waals surface area (Å²) in [6, 6.07) is 0. The van der Waals surface area contributed by atoms with Gasteiger partial charge in [-0.05, 0) is 0 Å². The molecule has 0 unspecified atom stereocenters. The molecule has 0 bridgehead atoms. The van der Waals surface area contributed by atoms with Gasteiger partial charge in [-0.2, -0.15) is 4.39 Å². The van der Waals surface area contributed by atoms with Crippen molar-refractivity contribution >= 4 is 0 Å². The highest BCUT2D eigenvalue weighted by molar-refractivity contribution is 5.01. The first kappa shape index (κ1) is 7.25. The summed E-state index contributed by atoms with van der Waals surface area (Å²) in [5.74, 6) is 0.315. The Kier molecular flexibility index (Phi) is 1.50. The van der Waals surface area contributed by atoms with Crippen molar-refractivity contribution in [2.45, 2.75) is 26.2 Å². The molecule has 10 heavy (non-hydrogen) atoms. The third-order valence-corrected chi connectivity index (χ3v) is 1.26. The predicted octanol–water partition coefficient (Wildman–Crippen LogP) is 1.85. The van der Waals surface area contributed by atoms with Crippen LogP contribution in [-0.4, -0.2) is 9.97 Å². The highest BCUT2D eigenvalue weighted by atomic mass is 19.1. The van der Waals surface area contributed by atoms with Crippen molar-refractivity contribution < 1.29 is 4.39 Å². The van der Waals surface area contributed by atoms with Crippen molar-refractivity contribution in [3.8, 4) is 0 Å². The van der Waals surface area contributed by atoms with Crippen molar-refractivity contribution in [3.63, 3.8) is 0 Å². The van der Waals surface area contributed by atoms with Gasteiger partial charge in [0.2, 0.25) is 5.95 Å². The quantitative estimate of drug-likeness (QED) is 0.588. The lowest BCUT2D eigenvalue weighted by atomic mass is 9.96. The summed E-state index contributed by atoms with van der Waals surface area (Å²) >= 11 is 0. The molecule has 0 radical (unpaired) electrons. The Labute approximate surface area is 59.5 Å². The van der Waals surface area contributed by atoms with Gasteiger partial charge in [0.25, 0.3) is 0 Å². The number of halogens is 1. The van der Waals surface area contributed by atoms with Crippen molar-refractivity contribution in [1.82, 2.24) is 9.97 Å². The van der Waals surface area contributed by atoms with Crippen LogP contribution in [0.1, 0.15) is 26.6 Å². The highest BCUT2D eigenvalue weighted by Gasteiger charge is 2.16. The van der Waals surface area contributed by atoms with Gasteiger partial charge in [0.1, 0.15) is 5.82 Å². The number of imidazole rings is 1. The van der Waals surface area contributed by atoms with Crippen molar-refractivity contribution in [2.75, 3.05) is 0 Å². The summed E-state index contributed by atoms with van der Waals surface area (Å²) < 4.78 is 12.3. The summed E-state index contributed by atoms with van der Waals surface area (Å²) in [5.41, 5.74) is -0.0929. The number of hydrogen-bond acceptors (Lipinski definition) is 1. The fraction of sp³-hybridized carbons (Fsp3) is 0.571. The monoisotopic (exact) mass is 142 g/mol. The smallest absolute Gasteiger partial charge is 0.210 e. The normalized spacial score (nSPS) is 12.0. The number of hydrogen-bond donors (Lipinski definition) is 1. The van der Waals surface area contributed by atoms with Gasteiger partial charge >= 0.3 is 0 Å². The van der Waals surface area contributed by atoms with Gasteiger partial charge in [0.05, 0.1) is 6.20 Å². The highest BCUT2D eigenvalue weighted by Crippen LogP contribution is 2.17. The number of rotatable bonds is 0. The first-order chi connectivity index (χ1) is 4.50. The topological polar surface area (TPSA) is 28.7 Å². The Bertz CT molecular complexity index is 222. The molecule has 3 heteroatoms. The van der Waals surface area contributed by atoms with Crippen LogP contribution in [0.5, 0.6) is 0 Å². The van der Waals surface area contributed by atoms with E-state index >= 15 is 0 Å². The second kappa shape index (κ2) is 2.08. The largest absolute Gasteiger partial charge is 0.318 e. The Balaban J connectivity index is 2.96. The number of H-pyrrole nitrogens is 1. The molecule has 1 heterocycles. The average Bonchev–Trinajstić information content (AvgIpc) is 2.11. The van der Waals surface area contributed by atoms with Gasteiger partial charge in [-0.15, -0.1) is 0 Å². The minimum Gasteiger partial charge on any atom is -0.318 e. The third kappa shape index (κ3) is 1.35. The van der Waals surface area contributed by atoms with Crippen LogP contribution in [0.15, 0.2) is 6.20 Å². The number of aromatic amines is 1. The standard InChI is InChI=1S/C7H11FN2/c1-7(2,3)6-9-4-5(8)10-6/h4H,1-3H3,(H,9,10). The molecular weight excluding hydrogens is 131 g/mol. The molecule has 0 amide bonds. The fourth-order valence-electron chi connectivity index (χ4n) is 0.680. The molecule has 56 valence electrons. The van der Waals surface area contributed by atoms with E-state index in [1.165, 1.54) is 6.20 Å². The molecule has 0 atom stereocenters. The van der Waals surface area contributed by atoms with E-state index in [9.17, 15) is 4.39 Å². The Morgan fingerprint density at radius 3 is 2.30 bits per heavy atom. The molecule has 1 N–H and O–H groups in total. The first-order valence-electron chi connectivity index (χ1n) is 3.21. The zero-order valence-corrected chi connectivity index (χ0v) is 6.40. The maximum Gasteiger partial charge on any atom is 0.210 e. The molecule has 0 saturated carbocycles. The lowest BCUT2D eigenvalue weighted by Gasteiger charge is -2.13. The lowest BCUT2D eigenvalue weighted by Crippen LogP contribution is -2.13. The second-order valence-corrected chi connectivity index (χ2v) is 3.33. The SMILES string of the molecule is CC(C)(C)c1ncc(F)[nH]1. The summed E-state index contributed by atoms with van der Waals surface area (Å²) in [4.78, 5) is 6.39. The molecule has 2 nitrogen and oxygen atoms in total. The van der Waals surface area contributed by atoms with Gasteiger partial charge in [0.15, 0.2) is 0 Å². The van der Waals surface area contributed by atoms with Crippen LogP contribution in [0.2, 0.25) is 0 Å². The molecule has 0 aromatic carbocycles. The fourth-order valence-corrected chi connectivity index (χ4v) is 0.680. The van der Waals surface area contributed by atoms with Gasteiger partial charge in [-0.1, -0.05) is 20.8 Å². The molecule has 0 saturated heterocycles. The number of nitrogens with one attached hydrogen (secondary N) is 1. The van der Waals surface area contributed by atoms with Crippen LogP contribution in [0.4, 0.5) is 4.39 Å². The predicted molar refractivity (Wildman–Crippen MR) is 37.2 cm³/mol. The molecule has 1 aromatic rings. The maximum atomic E-state index is 12.3. The van der Waals surface area contributed by atoms with Gasteiger partial charge in [-0.25, -0.2) is 4.98 Å². The minimum absolute atomic E-state index is 0.0929. The molecule has 0 fully saturated rings.